The zero-order chi connectivity index (χ0) is 30.6. The molecule has 0 saturated carbocycles. The SMILES string of the molecule is C[C@H](c1ccccc1)N(Cc1ccccc1)[C@H](CC(=O)OC(C)(C)C)[C@@H]1OC(C)(C)O[C@H]1CO[Si](C)(C)C(C)(C)C. The van der Waals surface area contributed by atoms with Gasteiger partial charge in [0.05, 0.1) is 19.1 Å². The molecule has 2 aromatic carbocycles. The summed E-state index contributed by atoms with van der Waals surface area (Å²) in [6.07, 6.45) is -0.577. The lowest BCUT2D eigenvalue weighted by atomic mass is 9.95. The predicted molar refractivity (Wildman–Crippen MR) is 168 cm³/mol. The summed E-state index contributed by atoms with van der Waals surface area (Å²) in [5.74, 6) is -1.06. The number of nitrogens with zero attached hydrogens (tertiary/aromatic N) is 1. The third-order valence-corrected chi connectivity index (χ3v) is 12.7. The lowest BCUT2D eigenvalue weighted by Crippen LogP contribution is -2.52. The van der Waals surface area contributed by atoms with Crippen molar-refractivity contribution in [2.45, 2.75) is 129 Å². The molecular formula is C34H53NO5Si. The average Bonchev–Trinajstić information content (AvgIpc) is 3.18. The van der Waals surface area contributed by atoms with Gasteiger partial charge in [0.1, 0.15) is 17.8 Å². The molecule has 1 aliphatic rings. The van der Waals surface area contributed by atoms with E-state index in [9.17, 15) is 4.79 Å². The van der Waals surface area contributed by atoms with Crippen LogP contribution >= 0.6 is 0 Å². The minimum atomic E-state index is -2.05. The molecule has 7 heteroatoms. The maximum atomic E-state index is 13.5. The number of benzene rings is 2. The molecule has 1 heterocycles. The Morgan fingerprint density at radius 2 is 1.51 bits per heavy atom. The fourth-order valence-electron chi connectivity index (χ4n) is 5.06. The number of rotatable bonds is 11. The Kier molecular flexibility index (Phi) is 10.7. The van der Waals surface area contributed by atoms with Crippen LogP contribution in [0.5, 0.6) is 0 Å². The van der Waals surface area contributed by atoms with E-state index in [-0.39, 0.29) is 35.6 Å². The van der Waals surface area contributed by atoms with E-state index in [0.717, 1.165) is 5.56 Å². The van der Waals surface area contributed by atoms with Crippen LogP contribution in [0.2, 0.25) is 18.1 Å². The van der Waals surface area contributed by atoms with E-state index in [1.807, 2.05) is 46.8 Å². The molecule has 228 valence electrons. The number of hydrogen-bond donors (Lipinski definition) is 0. The van der Waals surface area contributed by atoms with Gasteiger partial charge in [-0.05, 0) is 70.8 Å². The molecule has 0 amide bonds. The molecular weight excluding hydrogens is 530 g/mol. The summed E-state index contributed by atoms with van der Waals surface area (Å²) in [6, 6.07) is 20.5. The maximum absolute atomic E-state index is 13.5. The van der Waals surface area contributed by atoms with Gasteiger partial charge in [0, 0.05) is 12.6 Å². The van der Waals surface area contributed by atoms with Gasteiger partial charge in [-0.25, -0.2) is 0 Å². The van der Waals surface area contributed by atoms with Crippen molar-refractivity contribution in [2.24, 2.45) is 0 Å². The molecule has 2 aromatic rings. The molecule has 1 saturated heterocycles. The van der Waals surface area contributed by atoms with Crippen LogP contribution in [0.3, 0.4) is 0 Å². The van der Waals surface area contributed by atoms with E-state index in [4.69, 9.17) is 18.6 Å². The Hall–Kier alpha value is -2.03. The van der Waals surface area contributed by atoms with Gasteiger partial charge >= 0.3 is 5.97 Å². The number of carbonyl (C=O) groups is 1. The Morgan fingerprint density at radius 3 is 2.05 bits per heavy atom. The second-order valence-electron chi connectivity index (χ2n) is 14.3. The summed E-state index contributed by atoms with van der Waals surface area (Å²) in [4.78, 5) is 15.9. The highest BCUT2D eigenvalue weighted by Crippen LogP contribution is 2.40. The summed E-state index contributed by atoms with van der Waals surface area (Å²) in [6.45, 7) is 24.1. The first-order valence-corrected chi connectivity index (χ1v) is 17.9. The molecule has 0 aromatic heterocycles. The first kappa shape index (κ1) is 33.5. The second-order valence-corrected chi connectivity index (χ2v) is 19.1. The van der Waals surface area contributed by atoms with Gasteiger partial charge in [0.25, 0.3) is 0 Å². The Balaban J connectivity index is 2.05. The molecule has 1 aliphatic heterocycles. The number of esters is 1. The average molecular weight is 584 g/mol. The highest BCUT2D eigenvalue weighted by Gasteiger charge is 2.49. The summed E-state index contributed by atoms with van der Waals surface area (Å²) >= 11 is 0. The topological polar surface area (TPSA) is 57.2 Å². The van der Waals surface area contributed by atoms with E-state index in [0.29, 0.717) is 13.2 Å². The minimum absolute atomic E-state index is 0.00175. The normalized spacial score (nSPS) is 21.1. The van der Waals surface area contributed by atoms with Crippen LogP contribution in [0.15, 0.2) is 60.7 Å². The van der Waals surface area contributed by atoms with Crippen molar-refractivity contribution in [1.82, 2.24) is 4.90 Å². The van der Waals surface area contributed by atoms with Crippen molar-refractivity contribution in [3.63, 3.8) is 0 Å². The Morgan fingerprint density at radius 1 is 0.951 bits per heavy atom. The molecule has 0 unspecified atom stereocenters. The van der Waals surface area contributed by atoms with Crippen LogP contribution in [-0.4, -0.2) is 55.4 Å². The highest BCUT2D eigenvalue weighted by atomic mass is 28.4. The van der Waals surface area contributed by atoms with Crippen LogP contribution in [0.1, 0.15) is 85.9 Å². The number of hydrogen-bond acceptors (Lipinski definition) is 6. The van der Waals surface area contributed by atoms with Crippen LogP contribution in [-0.2, 0) is 30.0 Å². The fourth-order valence-corrected chi connectivity index (χ4v) is 6.07. The molecule has 0 N–H and O–H groups in total. The Labute approximate surface area is 249 Å². The van der Waals surface area contributed by atoms with E-state index in [1.165, 1.54) is 5.56 Å². The van der Waals surface area contributed by atoms with Gasteiger partial charge in [-0.15, -0.1) is 0 Å². The van der Waals surface area contributed by atoms with E-state index in [2.05, 4.69) is 94.2 Å². The lowest BCUT2D eigenvalue weighted by molar-refractivity contribution is -0.165. The van der Waals surface area contributed by atoms with Gasteiger partial charge in [-0.1, -0.05) is 81.4 Å². The van der Waals surface area contributed by atoms with Crippen molar-refractivity contribution in [3.05, 3.63) is 71.8 Å². The van der Waals surface area contributed by atoms with Crippen LogP contribution < -0.4 is 0 Å². The standard InChI is InChI=1S/C34H53NO5Si/c1-25(27-20-16-13-17-21-27)35(23-26-18-14-12-15-19-26)28(22-30(36)39-32(2,3)4)31-29(38-34(8,9)40-31)24-37-41(10,11)33(5,6)7/h12-21,25,28-29,31H,22-24H2,1-11H3/t25-,28-,29+,31+/m1/s1. The molecule has 0 spiro atoms. The van der Waals surface area contributed by atoms with Crippen LogP contribution in [0, 0.1) is 0 Å². The van der Waals surface area contributed by atoms with E-state index < -0.39 is 25.8 Å². The predicted octanol–water partition coefficient (Wildman–Crippen LogP) is 7.89. The molecule has 6 nitrogen and oxygen atoms in total. The van der Waals surface area contributed by atoms with Gasteiger partial charge in [-0.3, -0.25) is 9.69 Å². The third-order valence-electron chi connectivity index (χ3n) is 8.22. The summed E-state index contributed by atoms with van der Waals surface area (Å²) < 4.78 is 25.7. The molecule has 0 aliphatic carbocycles. The number of carbonyl (C=O) groups excluding carboxylic acids is 1. The smallest absolute Gasteiger partial charge is 0.308 e. The highest BCUT2D eigenvalue weighted by molar-refractivity contribution is 6.74. The maximum Gasteiger partial charge on any atom is 0.308 e. The summed E-state index contributed by atoms with van der Waals surface area (Å²) in [7, 11) is -2.05. The molecule has 4 atom stereocenters. The monoisotopic (exact) mass is 583 g/mol. The molecule has 41 heavy (non-hydrogen) atoms. The van der Waals surface area contributed by atoms with Gasteiger partial charge < -0.3 is 18.6 Å². The minimum Gasteiger partial charge on any atom is -0.460 e. The number of ether oxygens (including phenoxy) is 3. The molecule has 0 bridgehead atoms. The summed E-state index contributed by atoms with van der Waals surface area (Å²) in [5, 5.41) is 0.0640. The fraction of sp³-hybridized carbons (Fsp3) is 0.618. The third kappa shape index (κ3) is 9.48. The van der Waals surface area contributed by atoms with E-state index >= 15 is 0 Å². The van der Waals surface area contributed by atoms with Gasteiger partial charge in [-0.2, -0.15) is 0 Å². The summed E-state index contributed by atoms with van der Waals surface area (Å²) in [5.41, 5.74) is 1.75. The zero-order valence-electron chi connectivity index (χ0n) is 27.2. The van der Waals surface area contributed by atoms with Crippen LogP contribution in [0.4, 0.5) is 0 Å². The first-order valence-electron chi connectivity index (χ1n) is 14.9. The van der Waals surface area contributed by atoms with Crippen molar-refractivity contribution in [3.8, 4) is 0 Å². The van der Waals surface area contributed by atoms with Crippen molar-refractivity contribution >= 4 is 14.3 Å². The van der Waals surface area contributed by atoms with Crippen molar-refractivity contribution in [2.75, 3.05) is 6.61 Å². The largest absolute Gasteiger partial charge is 0.460 e. The zero-order valence-corrected chi connectivity index (χ0v) is 28.2. The first-order chi connectivity index (χ1) is 18.9. The molecule has 3 rings (SSSR count). The second kappa shape index (κ2) is 13.1. The van der Waals surface area contributed by atoms with E-state index in [1.54, 1.807) is 0 Å². The van der Waals surface area contributed by atoms with Crippen molar-refractivity contribution in [1.29, 1.82) is 0 Å². The van der Waals surface area contributed by atoms with Crippen molar-refractivity contribution < 1.29 is 23.4 Å². The Bertz CT molecular complexity index is 1110. The van der Waals surface area contributed by atoms with Gasteiger partial charge in [0.2, 0.25) is 0 Å². The molecule has 1 fully saturated rings. The molecule has 0 radical (unpaired) electrons. The van der Waals surface area contributed by atoms with Crippen LogP contribution in [0.25, 0.3) is 0 Å². The van der Waals surface area contributed by atoms with Gasteiger partial charge in [0.15, 0.2) is 14.1 Å². The quantitative estimate of drug-likeness (QED) is 0.198. The lowest BCUT2D eigenvalue weighted by Gasteiger charge is -2.41.